The average Bonchev–Trinajstić information content (AvgIpc) is 3.25. The lowest BCUT2D eigenvalue weighted by Crippen LogP contribution is -2.29. The third kappa shape index (κ3) is 2.51. The van der Waals surface area contributed by atoms with Crippen molar-refractivity contribution in [3.05, 3.63) is 41.0 Å². The van der Waals surface area contributed by atoms with Crippen molar-refractivity contribution in [3.8, 4) is 0 Å². The number of benzene rings is 1. The van der Waals surface area contributed by atoms with Gasteiger partial charge < -0.3 is 10.2 Å². The van der Waals surface area contributed by atoms with Gasteiger partial charge in [0, 0.05) is 31.1 Å². The number of rotatable bonds is 2. The predicted molar refractivity (Wildman–Crippen MR) is 84.3 cm³/mol. The summed E-state index contributed by atoms with van der Waals surface area (Å²) in [6, 6.07) is 6.43. The Labute approximate surface area is 126 Å². The number of hydrogen-bond donors (Lipinski definition) is 1. The first-order valence-corrected chi connectivity index (χ1v) is 7.99. The van der Waals surface area contributed by atoms with E-state index in [4.69, 9.17) is 0 Å². The van der Waals surface area contributed by atoms with Gasteiger partial charge in [0.2, 0.25) is 0 Å². The molecule has 1 amide bonds. The topological polar surface area (TPSA) is 32.3 Å². The summed E-state index contributed by atoms with van der Waals surface area (Å²) in [6.07, 6.45) is 7.09. The van der Waals surface area contributed by atoms with Gasteiger partial charge in [-0.15, -0.1) is 0 Å². The fraction of sp³-hybridized carbons (Fsp3) is 0.500. The summed E-state index contributed by atoms with van der Waals surface area (Å²) in [5, 5.41) is 3.11. The Hall–Kier alpha value is -1.61. The number of carbonyl (C=O) groups excluding carboxylic acids is 1. The molecule has 0 radical (unpaired) electrons. The number of amides is 1. The maximum absolute atomic E-state index is 12.4. The van der Waals surface area contributed by atoms with Crippen molar-refractivity contribution in [3.63, 3.8) is 0 Å². The van der Waals surface area contributed by atoms with Crippen molar-refractivity contribution < 1.29 is 4.79 Å². The monoisotopic (exact) mass is 282 g/mol. The predicted octanol–water partition coefficient (Wildman–Crippen LogP) is 2.50. The Morgan fingerprint density at radius 2 is 2.14 bits per heavy atom. The molecule has 0 spiro atoms. The van der Waals surface area contributed by atoms with E-state index in [0.29, 0.717) is 11.8 Å². The highest BCUT2D eigenvalue weighted by molar-refractivity contribution is 5.97. The fourth-order valence-corrected chi connectivity index (χ4v) is 3.70. The number of nitrogens with zero attached hydrogens (tertiary/aromatic N) is 1. The zero-order valence-corrected chi connectivity index (χ0v) is 12.5. The number of likely N-dealkylation sites (tertiary alicyclic amines) is 1. The van der Waals surface area contributed by atoms with Gasteiger partial charge in [-0.2, -0.15) is 0 Å². The van der Waals surface area contributed by atoms with Crippen molar-refractivity contribution in [2.75, 3.05) is 26.7 Å². The largest absolute Gasteiger partial charge is 0.352 e. The van der Waals surface area contributed by atoms with E-state index < -0.39 is 0 Å². The van der Waals surface area contributed by atoms with Gasteiger partial charge in [-0.25, -0.2) is 0 Å². The average molecular weight is 282 g/mol. The van der Waals surface area contributed by atoms with Crippen LogP contribution in [0.3, 0.4) is 0 Å². The zero-order chi connectivity index (χ0) is 14.4. The molecule has 1 aliphatic carbocycles. The molecule has 1 saturated carbocycles. The van der Waals surface area contributed by atoms with Gasteiger partial charge in [0.05, 0.1) is 0 Å². The summed E-state index contributed by atoms with van der Waals surface area (Å²) < 4.78 is 0. The molecule has 110 valence electrons. The molecule has 2 atom stereocenters. The summed E-state index contributed by atoms with van der Waals surface area (Å²) in [5.41, 5.74) is 3.28. The second kappa shape index (κ2) is 4.99. The smallest absolute Gasteiger partial charge is 0.251 e. The summed E-state index contributed by atoms with van der Waals surface area (Å²) in [5.74, 6) is 1.91. The van der Waals surface area contributed by atoms with Crippen molar-refractivity contribution >= 4 is 12.0 Å². The molecule has 3 nitrogen and oxygen atoms in total. The first-order valence-electron chi connectivity index (χ1n) is 7.99. The summed E-state index contributed by atoms with van der Waals surface area (Å²) in [4.78, 5) is 14.7. The van der Waals surface area contributed by atoms with E-state index in [-0.39, 0.29) is 5.91 Å². The van der Waals surface area contributed by atoms with Crippen LogP contribution in [-0.2, 0) is 0 Å². The van der Waals surface area contributed by atoms with Crippen molar-refractivity contribution in [1.82, 2.24) is 10.2 Å². The number of hydrogen-bond acceptors (Lipinski definition) is 2. The number of likely N-dealkylation sites (N-methyl/N-ethyl adjacent to an activating group) is 1. The van der Waals surface area contributed by atoms with Gasteiger partial charge in [-0.05, 0) is 48.9 Å². The molecule has 1 saturated heterocycles. The third-order valence-electron chi connectivity index (χ3n) is 5.05. The van der Waals surface area contributed by atoms with Gasteiger partial charge in [0.15, 0.2) is 0 Å². The molecule has 1 aromatic carbocycles. The molecule has 2 heterocycles. The Kier molecular flexibility index (Phi) is 3.11. The minimum atomic E-state index is 0.101. The van der Waals surface area contributed by atoms with Gasteiger partial charge in [0.25, 0.3) is 5.91 Å². The Bertz CT molecular complexity index is 603. The van der Waals surface area contributed by atoms with E-state index in [2.05, 4.69) is 47.6 Å². The molecule has 3 aliphatic rings. The molecule has 21 heavy (non-hydrogen) atoms. The summed E-state index contributed by atoms with van der Waals surface area (Å²) in [7, 11) is 2.17. The lowest BCUT2D eigenvalue weighted by molar-refractivity contribution is 0.0951. The van der Waals surface area contributed by atoms with E-state index >= 15 is 0 Å². The highest BCUT2D eigenvalue weighted by atomic mass is 16.1. The molecule has 2 aliphatic heterocycles. The van der Waals surface area contributed by atoms with Crippen LogP contribution in [0.1, 0.15) is 40.2 Å². The highest BCUT2D eigenvalue weighted by Crippen LogP contribution is 2.36. The van der Waals surface area contributed by atoms with Gasteiger partial charge in [-0.3, -0.25) is 4.79 Å². The Morgan fingerprint density at radius 1 is 1.29 bits per heavy atom. The number of nitrogens with one attached hydrogen (secondary N) is 1. The number of carbonyl (C=O) groups is 1. The van der Waals surface area contributed by atoms with Crippen LogP contribution in [0, 0.1) is 11.8 Å². The van der Waals surface area contributed by atoms with Gasteiger partial charge in [-0.1, -0.05) is 24.3 Å². The summed E-state index contributed by atoms with van der Waals surface area (Å²) >= 11 is 0. The van der Waals surface area contributed by atoms with Crippen LogP contribution < -0.4 is 5.32 Å². The molecule has 0 aromatic heterocycles. The van der Waals surface area contributed by atoms with E-state index in [1.54, 1.807) is 0 Å². The quantitative estimate of drug-likeness (QED) is 0.904. The van der Waals surface area contributed by atoms with Crippen LogP contribution >= 0.6 is 0 Å². The van der Waals surface area contributed by atoms with Crippen LogP contribution in [0.25, 0.3) is 6.08 Å². The zero-order valence-electron chi connectivity index (χ0n) is 12.5. The van der Waals surface area contributed by atoms with Crippen LogP contribution in [0.5, 0.6) is 0 Å². The van der Waals surface area contributed by atoms with E-state index in [9.17, 15) is 4.79 Å². The highest BCUT2D eigenvalue weighted by Gasteiger charge is 2.36. The van der Waals surface area contributed by atoms with Crippen LogP contribution in [0.15, 0.2) is 24.3 Å². The summed E-state index contributed by atoms with van der Waals surface area (Å²) in [6.45, 7) is 2.94. The maximum Gasteiger partial charge on any atom is 0.251 e. The second-order valence-corrected chi connectivity index (χ2v) is 6.84. The van der Waals surface area contributed by atoms with Crippen molar-refractivity contribution in [2.24, 2.45) is 11.8 Å². The first-order chi connectivity index (χ1) is 10.2. The lowest BCUT2D eigenvalue weighted by Gasteiger charge is -2.16. The lowest BCUT2D eigenvalue weighted by atomic mass is 9.86. The third-order valence-corrected chi connectivity index (χ3v) is 5.05. The van der Waals surface area contributed by atoms with E-state index in [1.165, 1.54) is 18.4 Å². The van der Waals surface area contributed by atoms with Crippen LogP contribution in [0.4, 0.5) is 0 Å². The molecular weight excluding hydrogens is 260 g/mol. The molecule has 0 bridgehead atoms. The molecule has 1 N–H and O–H groups in total. The van der Waals surface area contributed by atoms with Gasteiger partial charge >= 0.3 is 0 Å². The fourth-order valence-electron chi connectivity index (χ4n) is 3.70. The Balaban J connectivity index is 1.69. The molecule has 4 rings (SSSR count). The molecule has 3 heteroatoms. The van der Waals surface area contributed by atoms with Gasteiger partial charge in [0.1, 0.15) is 0 Å². The van der Waals surface area contributed by atoms with Crippen molar-refractivity contribution in [1.29, 1.82) is 0 Å². The second-order valence-electron chi connectivity index (χ2n) is 6.84. The standard InChI is InChI=1S/C18H22N2O/c1-20-10-14-9-19-18(21)16-8-13(5-4-12-2-3-12)6-7-15(16)17(14)11-20/h4-8,12,14,17H,2-3,9-11H2,1H3,(H,19,21)/b5-4+. The normalized spacial score (nSPS) is 29.1. The molecule has 2 unspecified atom stereocenters. The number of fused-ring (bicyclic) bond motifs is 3. The molecule has 2 fully saturated rings. The minimum Gasteiger partial charge on any atom is -0.352 e. The Morgan fingerprint density at radius 3 is 2.95 bits per heavy atom. The molecule has 1 aromatic rings. The van der Waals surface area contributed by atoms with E-state index in [0.717, 1.165) is 36.7 Å². The van der Waals surface area contributed by atoms with E-state index in [1.807, 2.05) is 0 Å². The van der Waals surface area contributed by atoms with Crippen LogP contribution in [0.2, 0.25) is 0 Å². The molecular formula is C18H22N2O. The first kappa shape index (κ1) is 13.1. The SMILES string of the molecule is CN1CC2CNC(=O)c3cc(/C=C/C4CC4)ccc3C2C1. The minimum absolute atomic E-state index is 0.101. The number of allylic oxidation sites excluding steroid dienone is 1. The van der Waals surface area contributed by atoms with Crippen molar-refractivity contribution in [2.45, 2.75) is 18.8 Å². The van der Waals surface area contributed by atoms with Crippen LogP contribution in [-0.4, -0.2) is 37.5 Å². The maximum atomic E-state index is 12.4.